The van der Waals surface area contributed by atoms with Crippen molar-refractivity contribution in [3.63, 3.8) is 0 Å². The molecule has 0 aromatic heterocycles. The second kappa shape index (κ2) is 3.92. The van der Waals surface area contributed by atoms with Gasteiger partial charge in [-0.05, 0) is 18.3 Å². The highest BCUT2D eigenvalue weighted by Crippen LogP contribution is 2.25. The fourth-order valence-corrected chi connectivity index (χ4v) is 0.679. The van der Waals surface area contributed by atoms with Gasteiger partial charge in [0.05, 0.1) is 0 Å². The lowest BCUT2D eigenvalue weighted by Gasteiger charge is -2.21. The molecule has 55 valence electrons. The topological polar surface area (TPSA) is 0 Å². The number of rotatable bonds is 4. The van der Waals surface area contributed by atoms with E-state index in [-0.39, 0.29) is 0 Å². The molecule has 0 heterocycles. The lowest BCUT2D eigenvalue weighted by atomic mass is 9.85. The van der Waals surface area contributed by atoms with Crippen LogP contribution in [0, 0.1) is 11.8 Å². The average molecular weight is 127 g/mol. The summed E-state index contributed by atoms with van der Waals surface area (Å²) in [7, 11) is 0. The van der Waals surface area contributed by atoms with Gasteiger partial charge in [-0.3, -0.25) is 0 Å². The van der Waals surface area contributed by atoms with Crippen LogP contribution in [0.25, 0.3) is 0 Å². The molecule has 0 aromatic carbocycles. The molecule has 0 nitrogen and oxygen atoms in total. The van der Waals surface area contributed by atoms with Crippen LogP contribution in [0.3, 0.4) is 0 Å². The average Bonchev–Trinajstić information content (AvgIpc) is 1.84. The molecular formula is C9H19. The van der Waals surface area contributed by atoms with Crippen molar-refractivity contribution in [2.45, 2.75) is 47.0 Å². The Labute approximate surface area is 59.7 Å². The molecule has 0 bridgehead atoms. The smallest absolute Gasteiger partial charge is 0.0354 e. The fourth-order valence-electron chi connectivity index (χ4n) is 0.679. The molecule has 0 saturated carbocycles. The second-order valence-electron chi connectivity index (χ2n) is 3.42. The highest BCUT2D eigenvalue weighted by molar-refractivity contribution is 4.74. The Kier molecular flexibility index (Phi) is 3.92. The molecule has 0 rings (SSSR count). The summed E-state index contributed by atoms with van der Waals surface area (Å²) in [5.74, 6) is 0. The van der Waals surface area contributed by atoms with Gasteiger partial charge in [0.2, 0.25) is 0 Å². The largest absolute Gasteiger partial charge is 0.0651 e. The van der Waals surface area contributed by atoms with Crippen molar-refractivity contribution in [2.75, 3.05) is 0 Å². The van der Waals surface area contributed by atoms with Crippen LogP contribution in [0.5, 0.6) is 0 Å². The molecular weight excluding hydrogens is 108 g/mol. The predicted molar refractivity (Wildman–Crippen MR) is 43.3 cm³/mol. The predicted octanol–water partition coefficient (Wildman–Crippen LogP) is 3.43. The Hall–Kier alpha value is 0. The Morgan fingerprint density at radius 2 is 1.78 bits per heavy atom. The minimum Gasteiger partial charge on any atom is -0.0651 e. The van der Waals surface area contributed by atoms with Crippen molar-refractivity contribution in [2.24, 2.45) is 5.41 Å². The molecule has 0 fully saturated rings. The Bertz CT molecular complexity index is 62.4. The maximum absolute atomic E-state index is 2.36. The molecule has 0 aromatic rings. The maximum Gasteiger partial charge on any atom is -0.0354 e. The first-order valence-electron chi connectivity index (χ1n) is 3.94. The van der Waals surface area contributed by atoms with Gasteiger partial charge < -0.3 is 0 Å². The van der Waals surface area contributed by atoms with E-state index in [2.05, 4.69) is 34.1 Å². The van der Waals surface area contributed by atoms with Crippen molar-refractivity contribution in [3.8, 4) is 0 Å². The molecule has 0 spiro atoms. The van der Waals surface area contributed by atoms with Gasteiger partial charge in [0, 0.05) is 0 Å². The van der Waals surface area contributed by atoms with E-state index in [1.165, 1.54) is 19.3 Å². The summed E-state index contributed by atoms with van der Waals surface area (Å²) < 4.78 is 0. The van der Waals surface area contributed by atoms with Gasteiger partial charge in [0.25, 0.3) is 0 Å². The zero-order valence-corrected chi connectivity index (χ0v) is 7.20. The monoisotopic (exact) mass is 127 g/mol. The van der Waals surface area contributed by atoms with Gasteiger partial charge in [0.15, 0.2) is 0 Å². The first kappa shape index (κ1) is 9.00. The van der Waals surface area contributed by atoms with Crippen LogP contribution in [0.15, 0.2) is 0 Å². The van der Waals surface area contributed by atoms with E-state index in [0.717, 1.165) is 0 Å². The summed E-state index contributed by atoms with van der Waals surface area (Å²) in [4.78, 5) is 0. The quantitative estimate of drug-likeness (QED) is 0.542. The summed E-state index contributed by atoms with van der Waals surface area (Å²) in [5, 5.41) is 0. The van der Waals surface area contributed by atoms with E-state index < -0.39 is 0 Å². The molecule has 0 heteroatoms. The molecule has 0 aliphatic heterocycles. The van der Waals surface area contributed by atoms with Crippen LogP contribution in [0.4, 0.5) is 0 Å². The molecule has 0 atom stereocenters. The normalized spacial score (nSPS) is 12.0. The summed E-state index contributed by atoms with van der Waals surface area (Å²) >= 11 is 0. The minimum absolute atomic E-state index is 0.538. The third-order valence-corrected chi connectivity index (χ3v) is 1.94. The third-order valence-electron chi connectivity index (χ3n) is 1.94. The first-order chi connectivity index (χ1) is 4.12. The van der Waals surface area contributed by atoms with Crippen LogP contribution >= 0.6 is 0 Å². The molecule has 0 aliphatic carbocycles. The molecule has 1 radical (unpaired) electrons. The standard InChI is InChI=1S/C9H19/c1-5-7-8-9(3,4)6-2/h7H,5-6,8H2,1-4H3. The molecule has 0 aliphatic rings. The second-order valence-corrected chi connectivity index (χ2v) is 3.42. The van der Waals surface area contributed by atoms with Gasteiger partial charge in [-0.1, -0.05) is 40.5 Å². The Morgan fingerprint density at radius 1 is 1.22 bits per heavy atom. The van der Waals surface area contributed by atoms with E-state index in [0.29, 0.717) is 5.41 Å². The van der Waals surface area contributed by atoms with Crippen molar-refractivity contribution in [3.05, 3.63) is 6.42 Å². The van der Waals surface area contributed by atoms with Crippen LogP contribution < -0.4 is 0 Å². The lowest BCUT2D eigenvalue weighted by molar-refractivity contribution is 0.343. The lowest BCUT2D eigenvalue weighted by Crippen LogP contribution is -2.08. The summed E-state index contributed by atoms with van der Waals surface area (Å²) in [5.41, 5.74) is 0.538. The fraction of sp³-hybridized carbons (Fsp3) is 0.889. The van der Waals surface area contributed by atoms with Crippen LogP contribution in [0.1, 0.15) is 47.0 Å². The van der Waals surface area contributed by atoms with Crippen LogP contribution in [0.2, 0.25) is 0 Å². The minimum atomic E-state index is 0.538. The van der Waals surface area contributed by atoms with Crippen molar-refractivity contribution >= 4 is 0 Å². The summed E-state index contributed by atoms with van der Waals surface area (Å²) in [6.07, 6.45) is 6.12. The zero-order chi connectivity index (χ0) is 7.33. The van der Waals surface area contributed by atoms with E-state index >= 15 is 0 Å². The maximum atomic E-state index is 2.36. The number of hydrogen-bond donors (Lipinski definition) is 0. The molecule has 0 N–H and O–H groups in total. The van der Waals surface area contributed by atoms with Gasteiger partial charge in [-0.2, -0.15) is 0 Å². The molecule has 0 unspecified atom stereocenters. The van der Waals surface area contributed by atoms with E-state index in [1.807, 2.05) is 0 Å². The molecule has 0 saturated heterocycles. The van der Waals surface area contributed by atoms with Crippen LogP contribution in [-0.4, -0.2) is 0 Å². The van der Waals surface area contributed by atoms with E-state index in [1.54, 1.807) is 0 Å². The summed E-state index contributed by atoms with van der Waals surface area (Å²) in [6, 6.07) is 0. The van der Waals surface area contributed by atoms with Gasteiger partial charge in [0.1, 0.15) is 0 Å². The highest BCUT2D eigenvalue weighted by Gasteiger charge is 2.12. The SMILES string of the molecule is CC[CH]CC(C)(C)CC. The van der Waals surface area contributed by atoms with Gasteiger partial charge in [-0.15, -0.1) is 0 Å². The number of unbranched alkanes of at least 4 members (excludes halogenated alkanes) is 1. The molecule has 0 amide bonds. The molecule has 9 heavy (non-hydrogen) atoms. The summed E-state index contributed by atoms with van der Waals surface area (Å²) in [6.45, 7) is 9.09. The van der Waals surface area contributed by atoms with Crippen molar-refractivity contribution in [1.82, 2.24) is 0 Å². The Morgan fingerprint density at radius 3 is 2.11 bits per heavy atom. The van der Waals surface area contributed by atoms with E-state index in [4.69, 9.17) is 0 Å². The van der Waals surface area contributed by atoms with Crippen molar-refractivity contribution < 1.29 is 0 Å². The van der Waals surface area contributed by atoms with Crippen LogP contribution in [-0.2, 0) is 0 Å². The third kappa shape index (κ3) is 4.50. The van der Waals surface area contributed by atoms with Gasteiger partial charge >= 0.3 is 0 Å². The van der Waals surface area contributed by atoms with Gasteiger partial charge in [-0.25, -0.2) is 0 Å². The van der Waals surface area contributed by atoms with E-state index in [9.17, 15) is 0 Å². The highest BCUT2D eigenvalue weighted by atomic mass is 14.2. The Balaban J connectivity index is 3.33. The van der Waals surface area contributed by atoms with Crippen molar-refractivity contribution in [1.29, 1.82) is 0 Å². The zero-order valence-electron chi connectivity index (χ0n) is 7.20. The number of hydrogen-bond acceptors (Lipinski definition) is 0. The first-order valence-corrected chi connectivity index (χ1v) is 3.94.